The van der Waals surface area contributed by atoms with Crippen LogP contribution in [0.15, 0.2) is 48.7 Å². The second-order valence-electron chi connectivity index (χ2n) is 8.77. The average molecular weight is 447 g/mol. The summed E-state index contributed by atoms with van der Waals surface area (Å²) in [6.07, 6.45) is 4.64. The maximum atomic E-state index is 12.6. The van der Waals surface area contributed by atoms with Gasteiger partial charge in [-0.25, -0.2) is 14.8 Å². The highest BCUT2D eigenvalue weighted by Crippen LogP contribution is 2.32. The number of esters is 1. The van der Waals surface area contributed by atoms with Gasteiger partial charge in [0.1, 0.15) is 17.7 Å². The Morgan fingerprint density at radius 1 is 1.03 bits per heavy atom. The molecule has 1 aromatic carbocycles. The predicted molar refractivity (Wildman–Crippen MR) is 129 cm³/mol. The molecular formula is C26H30N4O3. The van der Waals surface area contributed by atoms with Crippen LogP contribution in [0.5, 0.6) is 0 Å². The van der Waals surface area contributed by atoms with Crippen LogP contribution >= 0.6 is 0 Å². The zero-order valence-corrected chi connectivity index (χ0v) is 19.4. The number of carbonyl (C=O) groups excluding carboxylic acids is 2. The zero-order chi connectivity index (χ0) is 23.4. The van der Waals surface area contributed by atoms with Gasteiger partial charge in [-0.2, -0.15) is 0 Å². The Morgan fingerprint density at radius 2 is 1.76 bits per heavy atom. The average Bonchev–Trinajstić information content (AvgIpc) is 2.84. The number of carbonyl (C=O) groups is 2. The molecule has 0 saturated carbocycles. The molecule has 33 heavy (non-hydrogen) atoms. The maximum Gasteiger partial charge on any atom is 0.338 e. The largest absolute Gasteiger partial charge is 0.453 e. The van der Waals surface area contributed by atoms with Gasteiger partial charge < -0.3 is 15.0 Å². The lowest BCUT2D eigenvalue weighted by Gasteiger charge is -2.29. The minimum Gasteiger partial charge on any atom is -0.453 e. The van der Waals surface area contributed by atoms with E-state index in [1.54, 1.807) is 18.3 Å². The Kier molecular flexibility index (Phi) is 6.87. The lowest BCUT2D eigenvalue weighted by molar-refractivity contribution is -0.118. The number of hydrogen-bond donors (Lipinski definition) is 1. The molecule has 1 atom stereocenters. The molecule has 0 aliphatic carbocycles. The van der Waals surface area contributed by atoms with Crippen LogP contribution in [0.3, 0.4) is 0 Å². The van der Waals surface area contributed by atoms with Crippen LogP contribution in [0.25, 0.3) is 10.8 Å². The smallest absolute Gasteiger partial charge is 0.338 e. The maximum absolute atomic E-state index is 12.6. The minimum atomic E-state index is -0.522. The molecule has 1 N–H and O–H groups in total. The molecule has 172 valence electrons. The van der Waals surface area contributed by atoms with Crippen molar-refractivity contribution in [2.24, 2.45) is 5.92 Å². The van der Waals surface area contributed by atoms with Gasteiger partial charge in [0.2, 0.25) is 5.91 Å². The van der Waals surface area contributed by atoms with E-state index in [0.717, 1.165) is 42.5 Å². The number of anilines is 2. The Labute approximate surface area is 194 Å². The number of benzene rings is 1. The molecule has 4 rings (SSSR count). The predicted octanol–water partition coefficient (Wildman–Crippen LogP) is 5.13. The highest BCUT2D eigenvalue weighted by atomic mass is 16.5. The minimum absolute atomic E-state index is 0.0765. The van der Waals surface area contributed by atoms with Crippen molar-refractivity contribution in [3.8, 4) is 0 Å². The fourth-order valence-corrected chi connectivity index (χ4v) is 3.91. The number of hydrogen-bond acceptors (Lipinski definition) is 6. The number of ether oxygens (including phenoxy) is 1. The number of amides is 1. The summed E-state index contributed by atoms with van der Waals surface area (Å²) in [5.41, 5.74) is 1.18. The molecule has 0 radical (unpaired) electrons. The molecule has 0 bridgehead atoms. The van der Waals surface area contributed by atoms with Crippen LogP contribution in [-0.2, 0) is 9.53 Å². The van der Waals surface area contributed by atoms with Gasteiger partial charge >= 0.3 is 5.97 Å². The first-order valence-corrected chi connectivity index (χ1v) is 11.5. The highest BCUT2D eigenvalue weighted by molar-refractivity contribution is 5.97. The summed E-state index contributed by atoms with van der Waals surface area (Å²) in [4.78, 5) is 36.4. The molecule has 3 aromatic rings. The van der Waals surface area contributed by atoms with E-state index >= 15 is 0 Å². The molecule has 0 unspecified atom stereocenters. The zero-order valence-electron chi connectivity index (χ0n) is 19.4. The van der Waals surface area contributed by atoms with Crippen molar-refractivity contribution in [3.05, 3.63) is 59.9 Å². The molecular weight excluding hydrogens is 416 g/mol. The van der Waals surface area contributed by atoms with E-state index in [0.29, 0.717) is 17.1 Å². The monoisotopic (exact) mass is 446 g/mol. The van der Waals surface area contributed by atoms with Crippen LogP contribution in [0, 0.1) is 5.92 Å². The summed E-state index contributed by atoms with van der Waals surface area (Å²) in [6, 6.07) is 12.7. The number of aromatic nitrogens is 2. The number of fused-ring (bicyclic) bond motifs is 1. The van der Waals surface area contributed by atoms with Crippen LogP contribution in [0.4, 0.5) is 11.6 Å². The van der Waals surface area contributed by atoms with Crippen molar-refractivity contribution in [2.45, 2.75) is 46.1 Å². The Bertz CT molecular complexity index is 1140. The van der Waals surface area contributed by atoms with Crippen LogP contribution < -0.4 is 10.2 Å². The Balaban J connectivity index is 1.68. The molecule has 3 heterocycles. The van der Waals surface area contributed by atoms with Gasteiger partial charge in [-0.3, -0.25) is 4.79 Å². The Morgan fingerprint density at radius 3 is 2.45 bits per heavy atom. The molecule has 2 aromatic heterocycles. The van der Waals surface area contributed by atoms with E-state index in [1.807, 2.05) is 51.1 Å². The third-order valence-corrected chi connectivity index (χ3v) is 5.86. The standard InChI is InChI=1S/C26H30N4O3/c1-17(2)25(31)29-23-15-21-20(16-27-23)14-22(28-24(21)30-12-8-5-9-13-30)18(3)33-26(32)19-10-6-4-7-11-19/h4,6-7,10-11,14-18H,5,8-9,12-13H2,1-3H3,(H,27,29,31)/t18-/m1/s1. The van der Waals surface area contributed by atoms with Gasteiger partial charge in [0, 0.05) is 36.0 Å². The Hall–Kier alpha value is -3.48. The quantitative estimate of drug-likeness (QED) is 0.528. The summed E-state index contributed by atoms with van der Waals surface area (Å²) in [5, 5.41) is 4.70. The van der Waals surface area contributed by atoms with Crippen molar-refractivity contribution in [2.75, 3.05) is 23.3 Å². The molecule has 7 heteroatoms. The first kappa shape index (κ1) is 22.7. The normalized spacial score (nSPS) is 14.8. The van der Waals surface area contributed by atoms with E-state index in [1.165, 1.54) is 6.42 Å². The summed E-state index contributed by atoms with van der Waals surface area (Å²) in [5.74, 6) is 0.760. The van der Waals surface area contributed by atoms with Crippen LogP contribution in [0.2, 0.25) is 0 Å². The highest BCUT2D eigenvalue weighted by Gasteiger charge is 2.21. The van der Waals surface area contributed by atoms with Gasteiger partial charge in [0.25, 0.3) is 0 Å². The van der Waals surface area contributed by atoms with E-state index < -0.39 is 6.10 Å². The van der Waals surface area contributed by atoms with Crippen LogP contribution in [0.1, 0.15) is 62.2 Å². The van der Waals surface area contributed by atoms with Crippen molar-refractivity contribution >= 4 is 34.3 Å². The van der Waals surface area contributed by atoms with Crippen LogP contribution in [-0.4, -0.2) is 34.9 Å². The fourth-order valence-electron chi connectivity index (χ4n) is 3.91. The first-order valence-electron chi connectivity index (χ1n) is 11.5. The summed E-state index contributed by atoms with van der Waals surface area (Å²) in [7, 11) is 0. The molecule has 1 fully saturated rings. The van der Waals surface area contributed by atoms with Crippen molar-refractivity contribution in [3.63, 3.8) is 0 Å². The number of rotatable bonds is 6. The SMILES string of the molecule is CC(C)C(=O)Nc1cc2c(N3CCCCC3)nc([C@@H](C)OC(=O)c3ccccc3)cc2cn1. The van der Waals surface area contributed by atoms with Gasteiger partial charge in [0.05, 0.1) is 11.3 Å². The molecule has 1 amide bonds. The van der Waals surface area contributed by atoms with Gasteiger partial charge in [-0.15, -0.1) is 0 Å². The summed E-state index contributed by atoms with van der Waals surface area (Å²) >= 11 is 0. The number of nitrogens with zero attached hydrogens (tertiary/aromatic N) is 3. The molecule has 7 nitrogen and oxygen atoms in total. The van der Waals surface area contributed by atoms with Crippen molar-refractivity contribution in [1.82, 2.24) is 9.97 Å². The first-order chi connectivity index (χ1) is 15.9. The summed E-state index contributed by atoms with van der Waals surface area (Å²) < 4.78 is 5.72. The van der Waals surface area contributed by atoms with Crippen molar-refractivity contribution in [1.29, 1.82) is 0 Å². The van der Waals surface area contributed by atoms with E-state index in [4.69, 9.17) is 9.72 Å². The topological polar surface area (TPSA) is 84.4 Å². The second-order valence-corrected chi connectivity index (χ2v) is 8.77. The molecule has 0 spiro atoms. The van der Waals surface area contributed by atoms with E-state index in [9.17, 15) is 9.59 Å². The van der Waals surface area contributed by atoms with Crippen molar-refractivity contribution < 1.29 is 14.3 Å². The van der Waals surface area contributed by atoms with E-state index in [2.05, 4.69) is 15.2 Å². The number of piperidine rings is 1. The fraction of sp³-hybridized carbons (Fsp3) is 0.385. The summed E-state index contributed by atoms with van der Waals surface area (Å²) in [6.45, 7) is 7.36. The van der Waals surface area contributed by atoms with E-state index in [-0.39, 0.29) is 17.8 Å². The molecule has 1 aliphatic heterocycles. The van der Waals surface area contributed by atoms with Gasteiger partial charge in [0.15, 0.2) is 0 Å². The lowest BCUT2D eigenvalue weighted by Crippen LogP contribution is -2.30. The number of pyridine rings is 2. The lowest BCUT2D eigenvalue weighted by atomic mass is 10.1. The second kappa shape index (κ2) is 9.98. The molecule has 1 aliphatic rings. The number of nitrogens with one attached hydrogen (secondary N) is 1. The molecule has 1 saturated heterocycles. The van der Waals surface area contributed by atoms with Gasteiger partial charge in [-0.1, -0.05) is 32.0 Å². The third kappa shape index (κ3) is 5.30. The van der Waals surface area contributed by atoms with Gasteiger partial charge in [-0.05, 0) is 50.5 Å². The third-order valence-electron chi connectivity index (χ3n) is 5.86.